The Morgan fingerprint density at radius 1 is 1.33 bits per heavy atom. The SMILES string of the molecule is Cc1ccc(OCCC(C#N)NC(C)C)c(C)c1. The van der Waals surface area contributed by atoms with Crippen LogP contribution in [0.5, 0.6) is 5.75 Å². The van der Waals surface area contributed by atoms with E-state index in [-0.39, 0.29) is 6.04 Å². The molecule has 18 heavy (non-hydrogen) atoms. The van der Waals surface area contributed by atoms with E-state index in [0.717, 1.165) is 11.3 Å². The van der Waals surface area contributed by atoms with Gasteiger partial charge in [0, 0.05) is 12.5 Å². The molecule has 0 radical (unpaired) electrons. The molecule has 1 N–H and O–H groups in total. The topological polar surface area (TPSA) is 45.0 Å². The van der Waals surface area contributed by atoms with Crippen molar-refractivity contribution in [3.05, 3.63) is 29.3 Å². The quantitative estimate of drug-likeness (QED) is 0.839. The maximum absolute atomic E-state index is 9.00. The lowest BCUT2D eigenvalue weighted by atomic mass is 10.1. The average Bonchev–Trinajstić information content (AvgIpc) is 2.30. The van der Waals surface area contributed by atoms with Gasteiger partial charge in [-0.2, -0.15) is 5.26 Å². The fraction of sp³-hybridized carbons (Fsp3) is 0.533. The molecule has 1 aromatic carbocycles. The van der Waals surface area contributed by atoms with Crippen LogP contribution in [-0.2, 0) is 0 Å². The van der Waals surface area contributed by atoms with Crippen molar-refractivity contribution in [2.45, 2.75) is 46.2 Å². The molecule has 98 valence electrons. The van der Waals surface area contributed by atoms with E-state index in [1.807, 2.05) is 32.9 Å². The summed E-state index contributed by atoms with van der Waals surface area (Å²) in [6.07, 6.45) is 0.696. The number of aryl methyl sites for hydroxylation is 2. The highest BCUT2D eigenvalue weighted by Gasteiger charge is 2.09. The molecule has 1 atom stereocenters. The molecule has 3 nitrogen and oxygen atoms in total. The third-order valence-corrected chi connectivity index (χ3v) is 2.68. The van der Waals surface area contributed by atoms with Gasteiger partial charge in [-0.1, -0.05) is 17.7 Å². The lowest BCUT2D eigenvalue weighted by molar-refractivity contribution is 0.293. The Morgan fingerprint density at radius 3 is 2.61 bits per heavy atom. The van der Waals surface area contributed by atoms with Crippen LogP contribution in [-0.4, -0.2) is 18.7 Å². The second-order valence-corrected chi connectivity index (χ2v) is 4.91. The molecule has 0 saturated heterocycles. The Morgan fingerprint density at radius 2 is 2.06 bits per heavy atom. The van der Waals surface area contributed by atoms with Gasteiger partial charge >= 0.3 is 0 Å². The molecule has 0 aliphatic carbocycles. The van der Waals surface area contributed by atoms with E-state index in [4.69, 9.17) is 10.00 Å². The smallest absolute Gasteiger partial charge is 0.122 e. The number of ether oxygens (including phenoxy) is 1. The maximum Gasteiger partial charge on any atom is 0.122 e. The van der Waals surface area contributed by atoms with Gasteiger partial charge in [0.15, 0.2) is 0 Å². The summed E-state index contributed by atoms with van der Waals surface area (Å²) in [6, 6.07) is 8.55. The number of hydrogen-bond acceptors (Lipinski definition) is 3. The summed E-state index contributed by atoms with van der Waals surface area (Å²) in [5.41, 5.74) is 2.37. The van der Waals surface area contributed by atoms with Crippen LogP contribution in [0.1, 0.15) is 31.4 Å². The molecule has 0 saturated carbocycles. The third-order valence-electron chi connectivity index (χ3n) is 2.68. The van der Waals surface area contributed by atoms with Crippen molar-refractivity contribution in [2.24, 2.45) is 0 Å². The summed E-state index contributed by atoms with van der Waals surface area (Å²) in [7, 11) is 0. The van der Waals surface area contributed by atoms with Crippen LogP contribution in [0.25, 0.3) is 0 Å². The second-order valence-electron chi connectivity index (χ2n) is 4.91. The number of nitriles is 1. The fourth-order valence-corrected chi connectivity index (χ4v) is 1.84. The van der Waals surface area contributed by atoms with Gasteiger partial charge in [-0.25, -0.2) is 0 Å². The standard InChI is InChI=1S/C15H22N2O/c1-11(2)17-14(10-16)7-8-18-15-6-5-12(3)9-13(15)4/h5-6,9,11,14,17H,7-8H2,1-4H3. The van der Waals surface area contributed by atoms with E-state index in [9.17, 15) is 0 Å². The van der Waals surface area contributed by atoms with Crippen LogP contribution < -0.4 is 10.1 Å². The predicted molar refractivity (Wildman–Crippen MR) is 73.7 cm³/mol. The molecule has 1 unspecified atom stereocenters. The van der Waals surface area contributed by atoms with Crippen molar-refractivity contribution >= 4 is 0 Å². The summed E-state index contributed by atoms with van der Waals surface area (Å²) in [6.45, 7) is 8.73. The van der Waals surface area contributed by atoms with Crippen molar-refractivity contribution in [1.82, 2.24) is 5.32 Å². The molecule has 3 heteroatoms. The van der Waals surface area contributed by atoms with Crippen LogP contribution >= 0.6 is 0 Å². The molecular weight excluding hydrogens is 224 g/mol. The molecule has 0 aliphatic rings. The Labute approximate surface area is 110 Å². The largest absolute Gasteiger partial charge is 0.493 e. The Kier molecular flexibility index (Phi) is 5.67. The second kappa shape index (κ2) is 7.03. The molecule has 0 fully saturated rings. The maximum atomic E-state index is 9.00. The first kappa shape index (κ1) is 14.5. The number of nitrogens with zero attached hydrogens (tertiary/aromatic N) is 1. The predicted octanol–water partition coefficient (Wildman–Crippen LogP) is 2.96. The minimum Gasteiger partial charge on any atom is -0.493 e. The Hall–Kier alpha value is -1.53. The van der Waals surface area contributed by atoms with Crippen molar-refractivity contribution < 1.29 is 4.74 Å². The van der Waals surface area contributed by atoms with Crippen molar-refractivity contribution in [3.8, 4) is 11.8 Å². The van der Waals surface area contributed by atoms with Gasteiger partial charge in [0.25, 0.3) is 0 Å². The first-order valence-electron chi connectivity index (χ1n) is 6.38. The fourth-order valence-electron chi connectivity index (χ4n) is 1.84. The van der Waals surface area contributed by atoms with E-state index in [0.29, 0.717) is 19.1 Å². The first-order chi connectivity index (χ1) is 8.52. The molecular formula is C15H22N2O. The van der Waals surface area contributed by atoms with Crippen LogP contribution in [0.4, 0.5) is 0 Å². The van der Waals surface area contributed by atoms with Crippen LogP contribution in [0.2, 0.25) is 0 Å². The zero-order valence-electron chi connectivity index (χ0n) is 11.7. The van der Waals surface area contributed by atoms with Gasteiger partial charge in [-0.05, 0) is 39.3 Å². The summed E-state index contributed by atoms with van der Waals surface area (Å²) >= 11 is 0. The van der Waals surface area contributed by atoms with E-state index >= 15 is 0 Å². The lowest BCUT2D eigenvalue weighted by Crippen LogP contribution is -2.34. The van der Waals surface area contributed by atoms with Crippen LogP contribution in [0.15, 0.2) is 18.2 Å². The van der Waals surface area contributed by atoms with Gasteiger partial charge in [0.05, 0.1) is 18.7 Å². The molecule has 1 rings (SSSR count). The van der Waals surface area contributed by atoms with Crippen LogP contribution in [0.3, 0.4) is 0 Å². The molecule has 0 amide bonds. The van der Waals surface area contributed by atoms with E-state index in [2.05, 4.69) is 24.4 Å². The van der Waals surface area contributed by atoms with E-state index < -0.39 is 0 Å². The number of benzene rings is 1. The zero-order chi connectivity index (χ0) is 13.5. The summed E-state index contributed by atoms with van der Waals surface area (Å²) in [5, 5.41) is 12.2. The number of hydrogen-bond donors (Lipinski definition) is 1. The third kappa shape index (κ3) is 4.77. The lowest BCUT2D eigenvalue weighted by Gasteiger charge is -2.15. The molecule has 0 aliphatic heterocycles. The molecule has 1 aromatic rings. The van der Waals surface area contributed by atoms with E-state index in [1.54, 1.807) is 0 Å². The summed E-state index contributed by atoms with van der Waals surface area (Å²) in [5.74, 6) is 0.904. The van der Waals surface area contributed by atoms with E-state index in [1.165, 1.54) is 5.56 Å². The highest BCUT2D eigenvalue weighted by molar-refractivity contribution is 5.35. The molecule has 0 heterocycles. The normalized spacial score (nSPS) is 12.2. The molecule has 0 aromatic heterocycles. The highest BCUT2D eigenvalue weighted by Crippen LogP contribution is 2.18. The van der Waals surface area contributed by atoms with Gasteiger partial charge in [-0.3, -0.25) is 5.32 Å². The minimum atomic E-state index is -0.143. The van der Waals surface area contributed by atoms with Gasteiger partial charge in [0.1, 0.15) is 5.75 Å². The minimum absolute atomic E-state index is 0.143. The van der Waals surface area contributed by atoms with Crippen molar-refractivity contribution in [2.75, 3.05) is 6.61 Å². The number of rotatable bonds is 6. The Bertz CT molecular complexity index is 421. The van der Waals surface area contributed by atoms with Crippen LogP contribution in [0, 0.1) is 25.2 Å². The monoisotopic (exact) mass is 246 g/mol. The summed E-state index contributed by atoms with van der Waals surface area (Å²) < 4.78 is 5.71. The van der Waals surface area contributed by atoms with Gasteiger partial charge < -0.3 is 4.74 Å². The van der Waals surface area contributed by atoms with Crippen molar-refractivity contribution in [3.63, 3.8) is 0 Å². The zero-order valence-corrected chi connectivity index (χ0v) is 11.7. The molecule has 0 bridgehead atoms. The summed E-state index contributed by atoms with van der Waals surface area (Å²) in [4.78, 5) is 0. The highest BCUT2D eigenvalue weighted by atomic mass is 16.5. The Balaban J connectivity index is 2.43. The average molecular weight is 246 g/mol. The van der Waals surface area contributed by atoms with Gasteiger partial charge in [-0.15, -0.1) is 0 Å². The van der Waals surface area contributed by atoms with Crippen molar-refractivity contribution in [1.29, 1.82) is 5.26 Å². The molecule has 0 spiro atoms. The van der Waals surface area contributed by atoms with Gasteiger partial charge in [0.2, 0.25) is 0 Å². The first-order valence-corrected chi connectivity index (χ1v) is 6.38. The number of nitrogens with one attached hydrogen (secondary N) is 1.